The zero-order valence-electron chi connectivity index (χ0n) is 8.52. The van der Waals surface area contributed by atoms with Crippen molar-refractivity contribution in [2.24, 2.45) is 0 Å². The number of hydrogen-bond donors (Lipinski definition) is 3. The Labute approximate surface area is 93.5 Å². The fourth-order valence-electron chi connectivity index (χ4n) is 0.957. The van der Waals surface area contributed by atoms with Gasteiger partial charge in [0.2, 0.25) is 0 Å². The van der Waals surface area contributed by atoms with Gasteiger partial charge in [0, 0.05) is 18.9 Å². The van der Waals surface area contributed by atoms with E-state index in [1.807, 2.05) is 0 Å². The summed E-state index contributed by atoms with van der Waals surface area (Å²) >= 11 is 1.80. The molecule has 0 aliphatic rings. The molecule has 1 rings (SSSR count). The monoisotopic (exact) mass is 228 g/mol. The van der Waals surface area contributed by atoms with Crippen molar-refractivity contribution < 1.29 is 5.11 Å². The van der Waals surface area contributed by atoms with Crippen LogP contribution in [0.2, 0.25) is 0 Å². The molecule has 0 bridgehead atoms. The topological polar surface area (TPSA) is 84.1 Å². The van der Waals surface area contributed by atoms with Crippen molar-refractivity contribution in [1.82, 2.24) is 10.2 Å². The highest BCUT2D eigenvalue weighted by Gasteiger charge is 1.94. The van der Waals surface area contributed by atoms with E-state index in [0.717, 1.165) is 30.3 Å². The van der Waals surface area contributed by atoms with Gasteiger partial charge in [-0.1, -0.05) is 0 Å². The van der Waals surface area contributed by atoms with Crippen LogP contribution < -0.4 is 11.1 Å². The molecule has 0 radical (unpaired) electrons. The minimum Gasteiger partial charge on any atom is -0.396 e. The molecule has 1 heterocycles. The normalized spacial score (nSPS) is 10.2. The third kappa shape index (κ3) is 5.44. The van der Waals surface area contributed by atoms with Crippen LogP contribution in [0.25, 0.3) is 0 Å². The smallest absolute Gasteiger partial charge is 0.148 e. The number of nitrogen functional groups attached to an aromatic ring is 1. The number of aliphatic hydroxyl groups excluding tert-OH is 1. The molecular formula is C9H16N4OS. The van der Waals surface area contributed by atoms with Gasteiger partial charge in [-0.2, -0.15) is 11.8 Å². The van der Waals surface area contributed by atoms with Crippen molar-refractivity contribution in [3.05, 3.63) is 12.1 Å². The van der Waals surface area contributed by atoms with Crippen LogP contribution in [-0.2, 0) is 0 Å². The standard InChI is InChI=1S/C9H16N4OS/c10-8-2-3-9(13-12-8)11-4-7-15-6-1-5-14/h2-3,14H,1,4-7H2,(H2,10,12)(H,11,13). The third-order valence-corrected chi connectivity index (χ3v) is 2.75. The van der Waals surface area contributed by atoms with Gasteiger partial charge in [0.05, 0.1) is 0 Å². The van der Waals surface area contributed by atoms with Gasteiger partial charge in [0.25, 0.3) is 0 Å². The Morgan fingerprint density at radius 1 is 1.33 bits per heavy atom. The number of aromatic nitrogens is 2. The highest BCUT2D eigenvalue weighted by Crippen LogP contribution is 2.04. The van der Waals surface area contributed by atoms with Crippen LogP contribution in [0.1, 0.15) is 6.42 Å². The fourth-order valence-corrected chi connectivity index (χ4v) is 1.74. The van der Waals surface area contributed by atoms with Gasteiger partial charge in [-0.15, -0.1) is 10.2 Å². The molecule has 0 spiro atoms. The maximum absolute atomic E-state index is 8.57. The second kappa shape index (κ2) is 7.30. The molecule has 15 heavy (non-hydrogen) atoms. The molecule has 0 atom stereocenters. The van der Waals surface area contributed by atoms with Gasteiger partial charge in [-0.25, -0.2) is 0 Å². The van der Waals surface area contributed by atoms with E-state index < -0.39 is 0 Å². The van der Waals surface area contributed by atoms with Crippen LogP contribution in [0.15, 0.2) is 12.1 Å². The number of thioether (sulfide) groups is 1. The van der Waals surface area contributed by atoms with Gasteiger partial charge >= 0.3 is 0 Å². The van der Waals surface area contributed by atoms with E-state index in [-0.39, 0.29) is 6.61 Å². The Morgan fingerprint density at radius 2 is 2.20 bits per heavy atom. The van der Waals surface area contributed by atoms with Crippen LogP contribution in [0.5, 0.6) is 0 Å². The molecule has 0 unspecified atom stereocenters. The Bertz CT molecular complexity index is 267. The number of anilines is 2. The lowest BCUT2D eigenvalue weighted by molar-refractivity contribution is 0.296. The molecular weight excluding hydrogens is 212 g/mol. The molecule has 0 saturated heterocycles. The van der Waals surface area contributed by atoms with Crippen molar-refractivity contribution in [1.29, 1.82) is 0 Å². The summed E-state index contributed by atoms with van der Waals surface area (Å²) in [5, 5.41) is 19.3. The number of nitrogens with zero attached hydrogens (tertiary/aromatic N) is 2. The Balaban J connectivity index is 2.07. The van der Waals surface area contributed by atoms with E-state index in [4.69, 9.17) is 10.8 Å². The zero-order valence-corrected chi connectivity index (χ0v) is 9.33. The number of nitrogens with one attached hydrogen (secondary N) is 1. The van der Waals surface area contributed by atoms with E-state index in [1.54, 1.807) is 23.9 Å². The van der Waals surface area contributed by atoms with E-state index in [2.05, 4.69) is 15.5 Å². The summed E-state index contributed by atoms with van der Waals surface area (Å²) in [7, 11) is 0. The SMILES string of the molecule is Nc1ccc(NCCSCCCO)nn1. The molecule has 1 aromatic rings. The van der Waals surface area contributed by atoms with Crippen LogP contribution in [0.4, 0.5) is 11.6 Å². The molecule has 1 aromatic heterocycles. The van der Waals surface area contributed by atoms with Gasteiger partial charge in [-0.05, 0) is 24.3 Å². The summed E-state index contributed by atoms with van der Waals surface area (Å²) in [5.74, 6) is 3.15. The summed E-state index contributed by atoms with van der Waals surface area (Å²) in [6, 6.07) is 3.52. The molecule has 6 heteroatoms. The van der Waals surface area contributed by atoms with E-state index in [1.165, 1.54) is 0 Å². The summed E-state index contributed by atoms with van der Waals surface area (Å²) < 4.78 is 0. The predicted octanol–water partition coefficient (Wildman–Crippen LogP) is 0.586. The summed E-state index contributed by atoms with van der Waals surface area (Å²) in [6.45, 7) is 1.11. The first-order chi connectivity index (χ1) is 7.33. The first-order valence-corrected chi connectivity index (χ1v) is 6.00. The number of nitrogens with two attached hydrogens (primary N) is 1. The van der Waals surface area contributed by atoms with Gasteiger partial charge in [0.1, 0.15) is 11.6 Å². The van der Waals surface area contributed by atoms with Crippen molar-refractivity contribution in [3.63, 3.8) is 0 Å². The molecule has 0 saturated carbocycles. The molecule has 84 valence electrons. The van der Waals surface area contributed by atoms with Crippen molar-refractivity contribution in [2.75, 3.05) is 35.7 Å². The second-order valence-corrected chi connectivity index (χ2v) is 4.18. The molecule has 0 amide bonds. The lowest BCUT2D eigenvalue weighted by Crippen LogP contribution is -2.07. The van der Waals surface area contributed by atoms with Gasteiger partial charge in [-0.3, -0.25) is 0 Å². The maximum atomic E-state index is 8.57. The molecule has 0 aliphatic heterocycles. The molecule has 5 nitrogen and oxygen atoms in total. The fraction of sp³-hybridized carbons (Fsp3) is 0.556. The Kier molecular flexibility index (Phi) is 5.87. The van der Waals surface area contributed by atoms with Crippen LogP contribution >= 0.6 is 11.8 Å². The van der Waals surface area contributed by atoms with Crippen molar-refractivity contribution in [2.45, 2.75) is 6.42 Å². The summed E-state index contributed by atoms with van der Waals surface area (Å²) in [5.41, 5.74) is 5.41. The summed E-state index contributed by atoms with van der Waals surface area (Å²) in [4.78, 5) is 0. The molecule has 0 aromatic carbocycles. The van der Waals surface area contributed by atoms with Crippen molar-refractivity contribution >= 4 is 23.4 Å². The summed E-state index contributed by atoms with van der Waals surface area (Å²) in [6.07, 6.45) is 0.854. The first-order valence-electron chi connectivity index (χ1n) is 4.84. The Hall–Kier alpha value is -1.01. The predicted molar refractivity (Wildman–Crippen MR) is 64.0 cm³/mol. The minimum absolute atomic E-state index is 0.268. The quantitative estimate of drug-likeness (QED) is 0.592. The zero-order chi connectivity index (χ0) is 10.9. The highest BCUT2D eigenvalue weighted by molar-refractivity contribution is 7.99. The Morgan fingerprint density at radius 3 is 2.87 bits per heavy atom. The van der Waals surface area contributed by atoms with Crippen LogP contribution in [-0.4, -0.2) is 40.0 Å². The molecule has 0 fully saturated rings. The second-order valence-electron chi connectivity index (χ2n) is 2.96. The van der Waals surface area contributed by atoms with Crippen LogP contribution in [0, 0.1) is 0 Å². The number of aliphatic hydroxyl groups is 1. The maximum Gasteiger partial charge on any atom is 0.148 e. The highest BCUT2D eigenvalue weighted by atomic mass is 32.2. The third-order valence-electron chi connectivity index (χ3n) is 1.68. The molecule has 4 N–H and O–H groups in total. The minimum atomic E-state index is 0.268. The van der Waals surface area contributed by atoms with E-state index in [9.17, 15) is 0 Å². The lowest BCUT2D eigenvalue weighted by atomic mass is 10.5. The van der Waals surface area contributed by atoms with E-state index in [0.29, 0.717) is 5.82 Å². The molecule has 0 aliphatic carbocycles. The van der Waals surface area contributed by atoms with Crippen LogP contribution in [0.3, 0.4) is 0 Å². The van der Waals surface area contributed by atoms with E-state index >= 15 is 0 Å². The average molecular weight is 228 g/mol. The number of hydrogen-bond acceptors (Lipinski definition) is 6. The lowest BCUT2D eigenvalue weighted by Gasteiger charge is -2.04. The average Bonchev–Trinajstić information content (AvgIpc) is 2.26. The number of rotatable bonds is 7. The van der Waals surface area contributed by atoms with Gasteiger partial charge in [0.15, 0.2) is 0 Å². The largest absolute Gasteiger partial charge is 0.396 e. The first kappa shape index (κ1) is 12.1. The van der Waals surface area contributed by atoms with Crippen molar-refractivity contribution in [3.8, 4) is 0 Å². The van der Waals surface area contributed by atoms with Gasteiger partial charge < -0.3 is 16.2 Å².